The van der Waals surface area contributed by atoms with Crippen LogP contribution in [0.15, 0.2) is 47.4 Å². The van der Waals surface area contributed by atoms with E-state index in [2.05, 4.69) is 6.07 Å². The van der Waals surface area contributed by atoms with Crippen LogP contribution in [0.25, 0.3) is 0 Å². The van der Waals surface area contributed by atoms with Crippen LogP contribution < -0.4 is 5.73 Å². The molecular weight excluding hydrogens is 306 g/mol. The van der Waals surface area contributed by atoms with Crippen molar-refractivity contribution in [3.8, 4) is 0 Å². The first-order chi connectivity index (χ1) is 9.29. The summed E-state index contributed by atoms with van der Waals surface area (Å²) in [4.78, 5) is 0.301. The van der Waals surface area contributed by atoms with Crippen molar-refractivity contribution >= 4 is 22.2 Å². The Kier molecular flexibility index (Phi) is 5.56. The van der Waals surface area contributed by atoms with E-state index < -0.39 is 9.84 Å². The molecule has 0 aliphatic heterocycles. The van der Waals surface area contributed by atoms with Gasteiger partial charge in [0.2, 0.25) is 0 Å². The zero-order valence-electron chi connectivity index (χ0n) is 12.3. The standard InChI is InChI=1S/C16H19NO2S.ClH/c1-11-7-8-15(12(2)9-11)16(17)13-5-4-6-14(10-13)20(3,18)19;/h4-10,16H,17H2,1-3H3;1H. The van der Waals surface area contributed by atoms with Gasteiger partial charge in [0.15, 0.2) is 9.84 Å². The van der Waals surface area contributed by atoms with Crippen molar-refractivity contribution in [3.05, 3.63) is 64.7 Å². The fourth-order valence-electron chi connectivity index (χ4n) is 2.29. The highest BCUT2D eigenvalue weighted by Gasteiger charge is 2.14. The van der Waals surface area contributed by atoms with E-state index in [-0.39, 0.29) is 18.4 Å². The van der Waals surface area contributed by atoms with Gasteiger partial charge in [0.05, 0.1) is 10.9 Å². The van der Waals surface area contributed by atoms with Crippen molar-refractivity contribution in [1.82, 2.24) is 0 Å². The van der Waals surface area contributed by atoms with Gasteiger partial charge in [0.1, 0.15) is 0 Å². The first kappa shape index (κ1) is 17.7. The van der Waals surface area contributed by atoms with E-state index in [1.165, 1.54) is 11.8 Å². The van der Waals surface area contributed by atoms with Gasteiger partial charge in [-0.2, -0.15) is 0 Å². The molecular formula is C16H20ClNO2S. The van der Waals surface area contributed by atoms with Gasteiger partial charge in [-0.1, -0.05) is 35.9 Å². The second kappa shape index (κ2) is 6.60. The third kappa shape index (κ3) is 4.06. The van der Waals surface area contributed by atoms with Crippen LogP contribution in [0.1, 0.15) is 28.3 Å². The Bertz CT molecular complexity index is 742. The summed E-state index contributed by atoms with van der Waals surface area (Å²) in [6.45, 7) is 4.05. The number of aryl methyl sites for hydroxylation is 2. The van der Waals surface area contributed by atoms with E-state index in [0.29, 0.717) is 4.90 Å². The van der Waals surface area contributed by atoms with Crippen LogP contribution in [0.4, 0.5) is 0 Å². The summed E-state index contributed by atoms with van der Waals surface area (Å²) in [5, 5.41) is 0. The molecule has 0 aliphatic rings. The van der Waals surface area contributed by atoms with Crippen LogP contribution in [0.5, 0.6) is 0 Å². The smallest absolute Gasteiger partial charge is 0.175 e. The average Bonchev–Trinajstić information content (AvgIpc) is 2.37. The Morgan fingerprint density at radius 3 is 2.29 bits per heavy atom. The van der Waals surface area contributed by atoms with Crippen LogP contribution in [-0.4, -0.2) is 14.7 Å². The molecule has 2 aromatic rings. The lowest BCUT2D eigenvalue weighted by Crippen LogP contribution is -2.14. The number of hydrogen-bond acceptors (Lipinski definition) is 3. The molecule has 0 spiro atoms. The van der Waals surface area contributed by atoms with E-state index >= 15 is 0 Å². The second-order valence-corrected chi connectivity index (χ2v) is 7.20. The lowest BCUT2D eigenvalue weighted by Gasteiger charge is -2.16. The van der Waals surface area contributed by atoms with Gasteiger partial charge in [-0.15, -0.1) is 12.4 Å². The number of hydrogen-bond donors (Lipinski definition) is 1. The number of halogens is 1. The molecule has 0 amide bonds. The fraction of sp³-hybridized carbons (Fsp3) is 0.250. The molecule has 0 aliphatic carbocycles. The molecule has 0 fully saturated rings. The maximum atomic E-state index is 11.6. The van der Waals surface area contributed by atoms with Crippen LogP contribution in [0, 0.1) is 13.8 Å². The molecule has 3 nitrogen and oxygen atoms in total. The van der Waals surface area contributed by atoms with Gasteiger partial charge < -0.3 is 5.73 Å². The molecule has 1 unspecified atom stereocenters. The second-order valence-electron chi connectivity index (χ2n) is 5.18. The Balaban J connectivity index is 0.00000220. The van der Waals surface area contributed by atoms with Gasteiger partial charge in [0.25, 0.3) is 0 Å². The van der Waals surface area contributed by atoms with Crippen molar-refractivity contribution in [2.24, 2.45) is 5.73 Å². The van der Waals surface area contributed by atoms with Gasteiger partial charge in [0, 0.05) is 6.26 Å². The predicted octanol–water partition coefficient (Wildman–Crippen LogP) is 3.18. The minimum atomic E-state index is -3.21. The SMILES string of the molecule is Cc1ccc(C(N)c2cccc(S(C)(=O)=O)c2)c(C)c1.Cl. The van der Waals surface area contributed by atoms with Crippen molar-refractivity contribution in [2.45, 2.75) is 24.8 Å². The first-order valence-corrected chi connectivity index (χ1v) is 8.31. The molecule has 2 N–H and O–H groups in total. The molecule has 0 bridgehead atoms. The van der Waals surface area contributed by atoms with E-state index in [0.717, 1.165) is 16.7 Å². The summed E-state index contributed by atoms with van der Waals surface area (Å²) in [5.41, 5.74) is 10.4. The molecule has 114 valence electrons. The van der Waals surface area contributed by atoms with E-state index in [1.807, 2.05) is 32.0 Å². The van der Waals surface area contributed by atoms with Crippen LogP contribution in [0.3, 0.4) is 0 Å². The molecule has 5 heteroatoms. The number of nitrogens with two attached hydrogens (primary N) is 1. The maximum absolute atomic E-state index is 11.6. The highest BCUT2D eigenvalue weighted by atomic mass is 35.5. The highest BCUT2D eigenvalue weighted by Crippen LogP contribution is 2.25. The van der Waals surface area contributed by atoms with Gasteiger partial charge in [-0.05, 0) is 42.7 Å². The van der Waals surface area contributed by atoms with E-state index in [1.54, 1.807) is 18.2 Å². The molecule has 0 aromatic heterocycles. The van der Waals surface area contributed by atoms with Gasteiger partial charge in [-0.25, -0.2) is 8.42 Å². The van der Waals surface area contributed by atoms with Crippen molar-refractivity contribution in [2.75, 3.05) is 6.26 Å². The van der Waals surface area contributed by atoms with E-state index in [4.69, 9.17) is 5.73 Å². The van der Waals surface area contributed by atoms with Gasteiger partial charge in [-0.3, -0.25) is 0 Å². The Labute approximate surface area is 132 Å². The summed E-state index contributed by atoms with van der Waals surface area (Å²) >= 11 is 0. The molecule has 21 heavy (non-hydrogen) atoms. The van der Waals surface area contributed by atoms with Crippen molar-refractivity contribution < 1.29 is 8.42 Å². The quantitative estimate of drug-likeness (QED) is 0.942. The maximum Gasteiger partial charge on any atom is 0.175 e. The molecule has 1 atom stereocenters. The normalized spacial score (nSPS) is 12.6. The van der Waals surface area contributed by atoms with E-state index in [9.17, 15) is 8.42 Å². The predicted molar refractivity (Wildman–Crippen MR) is 88.7 cm³/mol. The molecule has 2 aromatic carbocycles. The Morgan fingerprint density at radius 2 is 1.71 bits per heavy atom. The minimum absolute atomic E-state index is 0. The van der Waals surface area contributed by atoms with Crippen molar-refractivity contribution in [1.29, 1.82) is 0 Å². The zero-order valence-corrected chi connectivity index (χ0v) is 14.0. The third-order valence-corrected chi connectivity index (χ3v) is 4.52. The lowest BCUT2D eigenvalue weighted by molar-refractivity contribution is 0.601. The molecule has 0 radical (unpaired) electrons. The molecule has 2 rings (SSSR count). The summed E-state index contributed by atoms with van der Waals surface area (Å²) in [5.74, 6) is 0. The number of rotatable bonds is 3. The minimum Gasteiger partial charge on any atom is -0.320 e. The topological polar surface area (TPSA) is 60.2 Å². The van der Waals surface area contributed by atoms with Crippen LogP contribution >= 0.6 is 12.4 Å². The number of benzene rings is 2. The Morgan fingerprint density at radius 1 is 1.05 bits per heavy atom. The zero-order chi connectivity index (χ0) is 14.9. The summed E-state index contributed by atoms with van der Waals surface area (Å²) in [6, 6.07) is 12.6. The first-order valence-electron chi connectivity index (χ1n) is 6.42. The van der Waals surface area contributed by atoms with Crippen LogP contribution in [0.2, 0.25) is 0 Å². The third-order valence-electron chi connectivity index (χ3n) is 3.41. The lowest BCUT2D eigenvalue weighted by atomic mass is 9.95. The van der Waals surface area contributed by atoms with Gasteiger partial charge >= 0.3 is 0 Å². The molecule has 0 saturated heterocycles. The average molecular weight is 326 g/mol. The number of sulfone groups is 1. The fourth-order valence-corrected chi connectivity index (χ4v) is 2.97. The summed E-state index contributed by atoms with van der Waals surface area (Å²) in [6.07, 6.45) is 1.20. The van der Waals surface area contributed by atoms with Crippen molar-refractivity contribution in [3.63, 3.8) is 0 Å². The Hall–Kier alpha value is -1.36. The molecule has 0 saturated carbocycles. The summed E-state index contributed by atoms with van der Waals surface area (Å²) < 4.78 is 23.2. The highest BCUT2D eigenvalue weighted by molar-refractivity contribution is 7.90. The van der Waals surface area contributed by atoms with Crippen LogP contribution in [-0.2, 0) is 9.84 Å². The molecule has 0 heterocycles. The largest absolute Gasteiger partial charge is 0.320 e. The summed E-state index contributed by atoms with van der Waals surface area (Å²) in [7, 11) is -3.21. The monoisotopic (exact) mass is 325 g/mol.